The fraction of sp³-hybridized carbons (Fsp3) is 0. The van der Waals surface area contributed by atoms with Crippen LogP contribution >= 0.6 is 37.2 Å². The van der Waals surface area contributed by atoms with Crippen molar-refractivity contribution in [3.63, 3.8) is 0 Å². The Kier molecular flexibility index (Phi) is 930. The maximum atomic E-state index is 0. The quantitative estimate of drug-likeness (QED) is 0.566. The largest absolute Gasteiger partial charge is 1.00 e. The average Bonchev–Trinajstić information content (AvgIpc) is 0. The van der Waals surface area contributed by atoms with Gasteiger partial charge in [0.2, 0.25) is 0 Å². The standard InChI is InChI=1S/3ClH.H2N.Ru/h3*1H;1H2;/q;;;-1;+1. The molecule has 0 fully saturated rings. The number of hydrogen-bond acceptors (Lipinski definition) is 0. The van der Waals surface area contributed by atoms with E-state index in [1.807, 2.05) is 0 Å². The number of rotatable bonds is 0. The number of halogens is 3. The molecule has 1 nitrogen and oxygen atoms in total. The van der Waals surface area contributed by atoms with Gasteiger partial charge in [0.1, 0.15) is 0 Å². The van der Waals surface area contributed by atoms with Crippen LogP contribution in [0, 0.1) is 0 Å². The van der Waals surface area contributed by atoms with E-state index in [1.165, 1.54) is 0 Å². The van der Waals surface area contributed by atoms with Gasteiger partial charge in [0, 0.05) is 0 Å². The van der Waals surface area contributed by atoms with E-state index < -0.39 is 0 Å². The Labute approximate surface area is 62.8 Å². The molecule has 0 rings (SSSR count). The summed E-state index contributed by atoms with van der Waals surface area (Å²) in [6.07, 6.45) is 0. The Morgan fingerprint density at radius 3 is 0.600 bits per heavy atom. The van der Waals surface area contributed by atoms with E-state index in [2.05, 4.69) is 0 Å². The van der Waals surface area contributed by atoms with Crippen molar-refractivity contribution in [1.82, 2.24) is 0 Å². The van der Waals surface area contributed by atoms with E-state index in [9.17, 15) is 0 Å². The zero-order chi connectivity index (χ0) is 0. The van der Waals surface area contributed by atoms with Crippen LogP contribution in [0.1, 0.15) is 0 Å². The summed E-state index contributed by atoms with van der Waals surface area (Å²) in [4.78, 5) is 0. The fourth-order valence-corrected chi connectivity index (χ4v) is 0. The third-order valence-electron chi connectivity index (χ3n) is 0. The minimum atomic E-state index is 0. The van der Waals surface area contributed by atoms with E-state index in [1.54, 1.807) is 0 Å². The molecule has 0 heterocycles. The van der Waals surface area contributed by atoms with Crippen molar-refractivity contribution in [2.45, 2.75) is 0 Å². The molecule has 0 aromatic rings. The van der Waals surface area contributed by atoms with Gasteiger partial charge < -0.3 is 6.15 Å². The molecule has 2 N–H and O–H groups in total. The van der Waals surface area contributed by atoms with Crippen LogP contribution in [0.25, 0.3) is 6.15 Å². The first-order valence-corrected chi connectivity index (χ1v) is 0. The third-order valence-corrected chi connectivity index (χ3v) is 0. The molecule has 0 aromatic carbocycles. The molecule has 0 atom stereocenters. The molecular formula is H5Cl3NRu. The summed E-state index contributed by atoms with van der Waals surface area (Å²) in [7, 11) is 0. The van der Waals surface area contributed by atoms with Gasteiger partial charge in [-0.1, -0.05) is 0 Å². The molecule has 0 spiro atoms. The Hall–Kier alpha value is 1.45. The van der Waals surface area contributed by atoms with Gasteiger partial charge >= 0.3 is 19.5 Å². The summed E-state index contributed by atoms with van der Waals surface area (Å²) in [5.74, 6) is 0. The summed E-state index contributed by atoms with van der Waals surface area (Å²) in [5.41, 5.74) is 0. The maximum absolute atomic E-state index is 0. The summed E-state index contributed by atoms with van der Waals surface area (Å²) in [5, 5.41) is 0. The summed E-state index contributed by atoms with van der Waals surface area (Å²) < 4.78 is 0. The van der Waals surface area contributed by atoms with E-state index in [-0.39, 0.29) is 62.8 Å². The molecule has 5 heteroatoms. The van der Waals surface area contributed by atoms with E-state index in [4.69, 9.17) is 0 Å². The monoisotopic (exact) mass is 226 g/mol. The molecule has 39 valence electrons. The van der Waals surface area contributed by atoms with Crippen LogP contribution in [-0.2, 0) is 19.5 Å². The molecule has 0 aliphatic carbocycles. The van der Waals surface area contributed by atoms with Gasteiger partial charge in [-0.2, -0.15) is 0 Å². The van der Waals surface area contributed by atoms with Crippen LogP contribution in [0.5, 0.6) is 0 Å². The zero-order valence-electron chi connectivity index (χ0n) is 2.16. The molecule has 0 saturated carbocycles. The molecule has 0 bridgehead atoms. The van der Waals surface area contributed by atoms with Crippen LogP contribution in [-0.4, -0.2) is 0 Å². The normalized spacial score (nSPS) is 0. The van der Waals surface area contributed by atoms with Gasteiger partial charge in [-0.15, -0.1) is 37.2 Å². The first-order valence-electron chi connectivity index (χ1n) is 0. The van der Waals surface area contributed by atoms with Crippen LogP contribution < -0.4 is 0 Å². The van der Waals surface area contributed by atoms with Gasteiger partial charge in [0.15, 0.2) is 0 Å². The molecule has 0 aliphatic heterocycles. The van der Waals surface area contributed by atoms with Gasteiger partial charge in [-0.25, -0.2) is 0 Å². The smallest absolute Gasteiger partial charge is 0.693 e. The topological polar surface area (TPSA) is 33.5 Å². The fourth-order valence-electron chi connectivity index (χ4n) is 0. The average molecular weight is 226 g/mol. The van der Waals surface area contributed by atoms with Crippen LogP contribution in [0.3, 0.4) is 0 Å². The molecule has 5 heavy (non-hydrogen) atoms. The second-order valence-corrected chi connectivity index (χ2v) is 0. The Bertz CT molecular complexity index is 6.85. The summed E-state index contributed by atoms with van der Waals surface area (Å²) >= 11 is 0. The van der Waals surface area contributed by atoms with Crippen LogP contribution in [0.2, 0.25) is 0 Å². The van der Waals surface area contributed by atoms with Crippen molar-refractivity contribution in [3.05, 3.63) is 6.15 Å². The first-order chi connectivity index (χ1) is 0. The van der Waals surface area contributed by atoms with Crippen LogP contribution in [0.4, 0.5) is 0 Å². The van der Waals surface area contributed by atoms with E-state index >= 15 is 0 Å². The molecule has 0 aromatic heterocycles. The Balaban J connectivity index is 0. The van der Waals surface area contributed by atoms with E-state index in [0.29, 0.717) is 0 Å². The molecule has 0 aliphatic rings. The van der Waals surface area contributed by atoms with Crippen molar-refractivity contribution in [3.8, 4) is 0 Å². The second-order valence-electron chi connectivity index (χ2n) is 0. The Morgan fingerprint density at radius 2 is 0.600 bits per heavy atom. The molecule has 0 unspecified atom stereocenters. The van der Waals surface area contributed by atoms with Gasteiger partial charge in [-0.05, 0) is 0 Å². The van der Waals surface area contributed by atoms with Gasteiger partial charge in [-0.3, -0.25) is 0 Å². The summed E-state index contributed by atoms with van der Waals surface area (Å²) in [6, 6.07) is 0. The number of nitrogens with two attached hydrogens (primary N) is 1. The predicted molar refractivity (Wildman–Crippen MR) is 27.0 cm³/mol. The van der Waals surface area contributed by atoms with Crippen LogP contribution in [0.15, 0.2) is 0 Å². The second kappa shape index (κ2) is 51.2. The number of hydrogen-bond donors (Lipinski definition) is 0. The van der Waals surface area contributed by atoms with E-state index in [0.717, 1.165) is 0 Å². The molecule has 0 amide bonds. The zero-order valence-corrected chi connectivity index (χ0v) is 6.34. The van der Waals surface area contributed by atoms with Crippen molar-refractivity contribution in [2.75, 3.05) is 0 Å². The predicted octanol–water partition coefficient (Wildman–Crippen LogP) is 1.98. The molecular weight excluding hydrogens is 221 g/mol. The van der Waals surface area contributed by atoms with Crippen molar-refractivity contribution in [1.29, 1.82) is 0 Å². The van der Waals surface area contributed by atoms with Gasteiger partial charge in [0.25, 0.3) is 0 Å². The van der Waals surface area contributed by atoms with Crippen molar-refractivity contribution < 1.29 is 19.5 Å². The van der Waals surface area contributed by atoms with Crippen molar-refractivity contribution >= 4 is 37.2 Å². The molecule has 1 radical (unpaired) electrons. The first kappa shape index (κ1) is 90.9. The van der Waals surface area contributed by atoms with Gasteiger partial charge in [0.05, 0.1) is 0 Å². The minimum Gasteiger partial charge on any atom is -0.693 e. The third kappa shape index (κ3) is 30.8. The Morgan fingerprint density at radius 1 is 0.600 bits per heavy atom. The minimum absolute atomic E-state index is 0. The maximum Gasteiger partial charge on any atom is 1.00 e. The molecule has 0 saturated heterocycles. The SMILES string of the molecule is Cl.Cl.Cl.[NH2-].[Ru+]. The van der Waals surface area contributed by atoms with Crippen molar-refractivity contribution in [2.24, 2.45) is 0 Å². The summed E-state index contributed by atoms with van der Waals surface area (Å²) in [6.45, 7) is 0.